The largest absolute Gasteiger partial charge is 0.375 e. The van der Waals surface area contributed by atoms with Crippen molar-refractivity contribution in [2.45, 2.75) is 32.5 Å². The second-order valence-corrected chi connectivity index (χ2v) is 9.18. The van der Waals surface area contributed by atoms with Crippen LogP contribution in [0.25, 0.3) is 0 Å². The smallest absolute Gasteiger partial charge is 0.264 e. The van der Waals surface area contributed by atoms with E-state index in [4.69, 9.17) is 11.6 Å². The predicted molar refractivity (Wildman–Crippen MR) is 125 cm³/mol. The number of nitrogens with one attached hydrogen (secondary N) is 1. The Morgan fingerprint density at radius 1 is 1.03 bits per heavy atom. The number of anilines is 1. The van der Waals surface area contributed by atoms with Crippen molar-refractivity contribution in [2.75, 3.05) is 4.90 Å². The first-order valence-corrected chi connectivity index (χ1v) is 11.4. The third-order valence-corrected chi connectivity index (χ3v) is 6.63. The molecule has 3 aromatic carbocycles. The van der Waals surface area contributed by atoms with Gasteiger partial charge >= 0.3 is 0 Å². The molecule has 0 bridgehead atoms. The van der Waals surface area contributed by atoms with E-state index in [-0.39, 0.29) is 33.9 Å². The van der Waals surface area contributed by atoms with Crippen LogP contribution in [0.4, 0.5) is 23.2 Å². The van der Waals surface area contributed by atoms with Crippen LogP contribution in [-0.2, 0) is 23.5 Å². The maximum Gasteiger partial charge on any atom is 0.264 e. The van der Waals surface area contributed by atoms with Gasteiger partial charge in [-0.05, 0) is 30.2 Å². The summed E-state index contributed by atoms with van der Waals surface area (Å²) in [6, 6.07) is 9.17. The van der Waals surface area contributed by atoms with Crippen molar-refractivity contribution >= 4 is 29.1 Å². The molecule has 0 aromatic heterocycles. The highest BCUT2D eigenvalue weighted by molar-refractivity contribution is 6.31. The summed E-state index contributed by atoms with van der Waals surface area (Å²) in [5.41, 5.74) is -2.01. The number of hydrogen-bond donors (Lipinski definition) is 2. The van der Waals surface area contributed by atoms with Gasteiger partial charge in [0.2, 0.25) is 0 Å². The first kappa shape index (κ1) is 25.7. The molecular weight excluding hydrogens is 500 g/mol. The average Bonchev–Trinajstić information content (AvgIpc) is 3.02. The van der Waals surface area contributed by atoms with Crippen molar-refractivity contribution in [3.05, 3.63) is 99.1 Å². The van der Waals surface area contributed by atoms with Crippen molar-refractivity contribution in [1.29, 1.82) is 0 Å². The number of benzene rings is 3. The molecule has 188 valence electrons. The van der Waals surface area contributed by atoms with Crippen LogP contribution in [-0.4, -0.2) is 16.9 Å². The third-order valence-electron chi connectivity index (χ3n) is 6.28. The highest BCUT2D eigenvalue weighted by atomic mass is 35.5. The summed E-state index contributed by atoms with van der Waals surface area (Å²) in [5, 5.41) is 13.8. The second kappa shape index (κ2) is 9.55. The topological polar surface area (TPSA) is 69.6 Å². The van der Waals surface area contributed by atoms with E-state index in [9.17, 15) is 32.3 Å². The quantitative estimate of drug-likeness (QED) is 0.438. The first-order valence-electron chi connectivity index (χ1n) is 11.0. The number of halogens is 5. The summed E-state index contributed by atoms with van der Waals surface area (Å²) < 4.78 is 55.5. The van der Waals surface area contributed by atoms with Crippen LogP contribution in [0.5, 0.6) is 0 Å². The molecule has 1 aliphatic rings. The minimum atomic E-state index is -1.93. The molecule has 0 fully saturated rings. The number of rotatable bonds is 6. The van der Waals surface area contributed by atoms with Crippen LogP contribution in [0.1, 0.15) is 40.9 Å². The molecule has 36 heavy (non-hydrogen) atoms. The lowest BCUT2D eigenvalue weighted by molar-refractivity contribution is -0.140. The van der Waals surface area contributed by atoms with E-state index >= 15 is 0 Å². The SMILES string of the molecule is CC(C)C1(O)C(=O)N(Cc2c(F)cccc2Cl)c2cc(C(=O)NCc3c(F)cc(F)cc3F)ccc21. The van der Waals surface area contributed by atoms with Crippen LogP contribution >= 0.6 is 11.6 Å². The lowest BCUT2D eigenvalue weighted by atomic mass is 9.84. The van der Waals surface area contributed by atoms with E-state index in [0.717, 1.165) is 4.90 Å². The number of carbonyl (C=O) groups excluding carboxylic acids is 2. The number of amides is 2. The number of aliphatic hydroxyl groups is 1. The maximum atomic E-state index is 14.5. The van der Waals surface area contributed by atoms with Crippen molar-refractivity contribution in [2.24, 2.45) is 5.92 Å². The molecule has 1 unspecified atom stereocenters. The molecule has 1 aliphatic heterocycles. The minimum absolute atomic E-state index is 0.0158. The molecule has 10 heteroatoms. The first-order chi connectivity index (χ1) is 16.9. The van der Waals surface area contributed by atoms with E-state index in [1.165, 1.54) is 36.4 Å². The summed E-state index contributed by atoms with van der Waals surface area (Å²) in [5.74, 6) is -6.04. The van der Waals surface area contributed by atoms with Crippen LogP contribution in [0.3, 0.4) is 0 Å². The summed E-state index contributed by atoms with van der Waals surface area (Å²) in [6.07, 6.45) is 0. The Balaban J connectivity index is 1.68. The zero-order valence-corrected chi connectivity index (χ0v) is 20.0. The third kappa shape index (κ3) is 4.33. The van der Waals surface area contributed by atoms with E-state index in [1.54, 1.807) is 13.8 Å². The zero-order valence-electron chi connectivity index (χ0n) is 19.2. The van der Waals surface area contributed by atoms with Crippen LogP contribution in [0, 0.1) is 29.2 Å². The molecular formula is C26H21ClF4N2O3. The molecule has 3 aromatic rings. The monoisotopic (exact) mass is 520 g/mol. The van der Waals surface area contributed by atoms with Crippen molar-refractivity contribution < 1.29 is 32.3 Å². The van der Waals surface area contributed by atoms with Crippen LogP contribution in [0.2, 0.25) is 5.02 Å². The molecule has 0 radical (unpaired) electrons. The molecule has 1 heterocycles. The van der Waals surface area contributed by atoms with Gasteiger partial charge in [-0.2, -0.15) is 0 Å². The summed E-state index contributed by atoms with van der Waals surface area (Å²) in [6.45, 7) is 2.43. The van der Waals surface area contributed by atoms with E-state index in [2.05, 4.69) is 5.32 Å². The summed E-state index contributed by atoms with van der Waals surface area (Å²) >= 11 is 6.14. The maximum absolute atomic E-state index is 14.5. The lowest BCUT2D eigenvalue weighted by Crippen LogP contribution is -2.43. The molecule has 0 saturated heterocycles. The molecule has 4 rings (SSSR count). The van der Waals surface area contributed by atoms with Crippen LogP contribution < -0.4 is 10.2 Å². The van der Waals surface area contributed by atoms with Gasteiger partial charge in [-0.25, -0.2) is 17.6 Å². The summed E-state index contributed by atoms with van der Waals surface area (Å²) in [4.78, 5) is 27.3. The molecule has 5 nitrogen and oxygen atoms in total. The molecule has 2 amide bonds. The Morgan fingerprint density at radius 3 is 2.31 bits per heavy atom. The van der Waals surface area contributed by atoms with Gasteiger partial charge in [0.1, 0.15) is 23.3 Å². The van der Waals surface area contributed by atoms with E-state index in [1.807, 2.05) is 0 Å². The Bertz CT molecular complexity index is 1340. The van der Waals surface area contributed by atoms with Gasteiger partial charge in [0, 0.05) is 46.0 Å². The van der Waals surface area contributed by atoms with E-state index in [0.29, 0.717) is 12.1 Å². The van der Waals surface area contributed by atoms with Gasteiger partial charge < -0.3 is 15.3 Å². The standard InChI is InChI=1S/C26H21ClF4N2O3/c1-13(2)26(36)18-7-6-14(24(34)32-11-16-21(30)9-15(28)10-22(16)31)8-23(18)33(25(26)35)12-17-19(27)4-3-5-20(17)29/h3-10,13,36H,11-12H2,1-2H3,(H,32,34). The van der Waals surface area contributed by atoms with Crippen molar-refractivity contribution in [3.63, 3.8) is 0 Å². The van der Waals surface area contributed by atoms with E-state index < -0.39 is 58.7 Å². The Kier molecular flexibility index (Phi) is 6.81. The normalized spacial score (nSPS) is 17.0. The fourth-order valence-corrected chi connectivity index (χ4v) is 4.44. The average molecular weight is 521 g/mol. The van der Waals surface area contributed by atoms with Gasteiger partial charge in [-0.1, -0.05) is 37.6 Å². The van der Waals surface area contributed by atoms with Gasteiger partial charge in [0.05, 0.1) is 12.2 Å². The number of hydrogen-bond acceptors (Lipinski definition) is 3. The lowest BCUT2D eigenvalue weighted by Gasteiger charge is -2.27. The van der Waals surface area contributed by atoms with Crippen molar-refractivity contribution in [1.82, 2.24) is 5.32 Å². The molecule has 0 spiro atoms. The van der Waals surface area contributed by atoms with Crippen molar-refractivity contribution in [3.8, 4) is 0 Å². The highest BCUT2D eigenvalue weighted by Crippen LogP contribution is 2.46. The Hall–Kier alpha value is -3.43. The van der Waals surface area contributed by atoms with Gasteiger partial charge in [-0.15, -0.1) is 0 Å². The highest BCUT2D eigenvalue weighted by Gasteiger charge is 2.52. The Labute approximate surface area is 209 Å². The fourth-order valence-electron chi connectivity index (χ4n) is 4.22. The molecule has 0 saturated carbocycles. The zero-order chi connectivity index (χ0) is 26.4. The number of fused-ring (bicyclic) bond motifs is 1. The molecule has 1 atom stereocenters. The molecule has 0 aliphatic carbocycles. The second-order valence-electron chi connectivity index (χ2n) is 8.78. The Morgan fingerprint density at radius 2 is 1.69 bits per heavy atom. The summed E-state index contributed by atoms with van der Waals surface area (Å²) in [7, 11) is 0. The number of nitrogens with zero attached hydrogens (tertiary/aromatic N) is 1. The van der Waals surface area contributed by atoms with Gasteiger partial charge in [-0.3, -0.25) is 9.59 Å². The number of carbonyl (C=O) groups is 2. The van der Waals surface area contributed by atoms with Gasteiger partial charge in [0.25, 0.3) is 11.8 Å². The molecule has 2 N–H and O–H groups in total. The van der Waals surface area contributed by atoms with Crippen LogP contribution in [0.15, 0.2) is 48.5 Å². The fraction of sp³-hybridized carbons (Fsp3) is 0.231. The van der Waals surface area contributed by atoms with Gasteiger partial charge in [0.15, 0.2) is 5.60 Å². The minimum Gasteiger partial charge on any atom is -0.375 e. The predicted octanol–water partition coefficient (Wildman–Crippen LogP) is 5.22.